The molecular weight excluding hydrogens is 184 g/mol. The zero-order chi connectivity index (χ0) is 6.85. The van der Waals surface area contributed by atoms with E-state index in [-0.39, 0.29) is 0 Å². The average molecular weight is 193 g/mol. The van der Waals surface area contributed by atoms with Crippen LogP contribution < -0.4 is 0 Å². The molecule has 3 heteroatoms. The second-order valence-electron chi connectivity index (χ2n) is 2.21. The van der Waals surface area contributed by atoms with Crippen molar-refractivity contribution < 1.29 is 10.2 Å². The van der Waals surface area contributed by atoms with Crippen LogP contribution >= 0.6 is 15.9 Å². The monoisotopic (exact) mass is 192 g/mol. The molecule has 0 spiro atoms. The van der Waals surface area contributed by atoms with Gasteiger partial charge in [0.1, 0.15) is 0 Å². The second kappa shape index (κ2) is 2.82. The van der Waals surface area contributed by atoms with Gasteiger partial charge in [0.15, 0.2) is 0 Å². The molecule has 9 heavy (non-hydrogen) atoms. The van der Waals surface area contributed by atoms with Crippen LogP contribution in [0.15, 0.2) is 10.6 Å². The number of hydrogen-bond acceptors (Lipinski definition) is 2. The van der Waals surface area contributed by atoms with Crippen molar-refractivity contribution in [3.63, 3.8) is 0 Å². The second-order valence-corrected chi connectivity index (χ2v) is 3.23. The Bertz CT molecular complexity index is 133. The van der Waals surface area contributed by atoms with Crippen LogP contribution in [0.5, 0.6) is 0 Å². The van der Waals surface area contributed by atoms with Crippen LogP contribution in [0.25, 0.3) is 0 Å². The molecule has 0 amide bonds. The molecule has 0 aliphatic heterocycles. The lowest BCUT2D eigenvalue weighted by molar-refractivity contribution is 0.0385. The number of hydrogen-bond donors (Lipinski definition) is 2. The van der Waals surface area contributed by atoms with Crippen molar-refractivity contribution >= 4 is 15.9 Å². The van der Waals surface area contributed by atoms with Crippen molar-refractivity contribution in [3.8, 4) is 0 Å². The first-order chi connectivity index (χ1) is 4.20. The molecule has 0 saturated carbocycles. The van der Waals surface area contributed by atoms with Gasteiger partial charge in [-0.1, -0.05) is 15.9 Å². The molecule has 1 rings (SSSR count). The van der Waals surface area contributed by atoms with Crippen molar-refractivity contribution in [1.29, 1.82) is 0 Å². The minimum Gasteiger partial charge on any atom is -0.390 e. The molecule has 0 saturated heterocycles. The van der Waals surface area contributed by atoms with Gasteiger partial charge in [-0.3, -0.25) is 0 Å². The van der Waals surface area contributed by atoms with Gasteiger partial charge in [-0.05, 0) is 23.4 Å². The van der Waals surface area contributed by atoms with Gasteiger partial charge < -0.3 is 10.2 Å². The Morgan fingerprint density at radius 3 is 2.67 bits per heavy atom. The maximum Gasteiger partial charge on any atom is 0.0990 e. The Kier molecular flexibility index (Phi) is 2.27. The van der Waals surface area contributed by atoms with E-state index in [0.717, 1.165) is 10.9 Å². The zero-order valence-electron chi connectivity index (χ0n) is 4.92. The number of aliphatic hydroxyl groups is 2. The zero-order valence-corrected chi connectivity index (χ0v) is 6.50. The van der Waals surface area contributed by atoms with Crippen molar-refractivity contribution in [2.45, 2.75) is 25.0 Å². The number of aliphatic hydroxyl groups excluding tert-OH is 2. The van der Waals surface area contributed by atoms with Crippen LogP contribution in [0.4, 0.5) is 0 Å². The molecule has 1 aliphatic carbocycles. The van der Waals surface area contributed by atoms with Crippen LogP contribution in [0.3, 0.4) is 0 Å². The fourth-order valence-corrected chi connectivity index (χ4v) is 1.34. The van der Waals surface area contributed by atoms with Crippen LogP contribution in [0.1, 0.15) is 12.8 Å². The van der Waals surface area contributed by atoms with Crippen molar-refractivity contribution in [2.75, 3.05) is 0 Å². The van der Waals surface area contributed by atoms with E-state index in [0.29, 0.717) is 6.42 Å². The molecule has 0 heterocycles. The topological polar surface area (TPSA) is 40.5 Å². The van der Waals surface area contributed by atoms with E-state index in [2.05, 4.69) is 15.9 Å². The Hall–Kier alpha value is 0.140. The molecule has 52 valence electrons. The lowest BCUT2D eigenvalue weighted by atomic mass is 10.0. The highest BCUT2D eigenvalue weighted by atomic mass is 79.9. The summed E-state index contributed by atoms with van der Waals surface area (Å²) in [7, 11) is 0. The van der Waals surface area contributed by atoms with E-state index in [1.54, 1.807) is 6.08 Å². The Labute approximate surface area is 62.3 Å². The molecule has 1 aliphatic rings. The van der Waals surface area contributed by atoms with Gasteiger partial charge in [-0.25, -0.2) is 0 Å². The first-order valence-corrected chi connectivity index (χ1v) is 3.72. The molecule has 2 N–H and O–H groups in total. The lowest BCUT2D eigenvalue weighted by Crippen LogP contribution is -2.26. The number of rotatable bonds is 0. The van der Waals surface area contributed by atoms with Gasteiger partial charge in [0.05, 0.1) is 12.2 Å². The largest absolute Gasteiger partial charge is 0.390 e. The Balaban J connectivity index is 2.58. The quantitative estimate of drug-likeness (QED) is 0.596. The smallest absolute Gasteiger partial charge is 0.0990 e. The summed E-state index contributed by atoms with van der Waals surface area (Å²) < 4.78 is 0.986. The lowest BCUT2D eigenvalue weighted by Gasteiger charge is -2.19. The van der Waals surface area contributed by atoms with Gasteiger partial charge in [0, 0.05) is 0 Å². The highest BCUT2D eigenvalue weighted by molar-refractivity contribution is 9.11. The first-order valence-electron chi connectivity index (χ1n) is 2.92. The molecule has 0 radical (unpaired) electrons. The molecule has 2 atom stereocenters. The molecular formula is C6H9BrO2. The third-order valence-electron chi connectivity index (χ3n) is 1.42. The molecule has 0 aromatic heterocycles. The molecule has 0 bridgehead atoms. The molecule has 0 aromatic carbocycles. The van der Waals surface area contributed by atoms with Gasteiger partial charge >= 0.3 is 0 Å². The van der Waals surface area contributed by atoms with E-state index in [1.807, 2.05) is 0 Å². The maximum atomic E-state index is 8.99. The van der Waals surface area contributed by atoms with Crippen LogP contribution in [-0.2, 0) is 0 Å². The summed E-state index contributed by atoms with van der Waals surface area (Å²) in [5.41, 5.74) is 0. The SMILES string of the molecule is O[C@H]1C=C(Br)CC[C@@H]1O. The average Bonchev–Trinajstić information content (AvgIpc) is 1.80. The van der Waals surface area contributed by atoms with Gasteiger partial charge in [0.25, 0.3) is 0 Å². The Morgan fingerprint density at radius 2 is 2.22 bits per heavy atom. The highest BCUT2D eigenvalue weighted by Gasteiger charge is 2.18. The third-order valence-corrected chi connectivity index (χ3v) is 2.09. The predicted molar refractivity (Wildman–Crippen MR) is 38.3 cm³/mol. The molecule has 2 nitrogen and oxygen atoms in total. The summed E-state index contributed by atoms with van der Waals surface area (Å²) in [5.74, 6) is 0. The summed E-state index contributed by atoms with van der Waals surface area (Å²) >= 11 is 3.25. The minimum absolute atomic E-state index is 0.564. The van der Waals surface area contributed by atoms with E-state index < -0.39 is 12.2 Å². The van der Waals surface area contributed by atoms with Crippen molar-refractivity contribution in [1.82, 2.24) is 0 Å². The summed E-state index contributed by atoms with van der Waals surface area (Å²) in [4.78, 5) is 0. The normalized spacial score (nSPS) is 36.1. The molecule has 0 fully saturated rings. The van der Waals surface area contributed by atoms with Crippen LogP contribution in [-0.4, -0.2) is 22.4 Å². The standard InChI is InChI=1S/C6H9BrO2/c7-4-1-2-5(8)6(9)3-4/h3,5-6,8-9H,1-2H2/t5-,6-/m0/s1. The van der Waals surface area contributed by atoms with E-state index in [9.17, 15) is 0 Å². The maximum absolute atomic E-state index is 8.99. The van der Waals surface area contributed by atoms with Gasteiger partial charge in [-0.2, -0.15) is 0 Å². The van der Waals surface area contributed by atoms with E-state index in [4.69, 9.17) is 10.2 Å². The number of halogens is 1. The predicted octanol–water partition coefficient (Wildman–Crippen LogP) is 0.781. The summed E-state index contributed by atoms with van der Waals surface area (Å²) in [5, 5.41) is 18.0. The molecule has 0 aromatic rings. The highest BCUT2D eigenvalue weighted by Crippen LogP contribution is 2.22. The van der Waals surface area contributed by atoms with Gasteiger partial charge in [0.2, 0.25) is 0 Å². The third kappa shape index (κ3) is 1.78. The first kappa shape index (κ1) is 7.25. The van der Waals surface area contributed by atoms with Crippen molar-refractivity contribution in [3.05, 3.63) is 10.6 Å². The van der Waals surface area contributed by atoms with Gasteiger partial charge in [-0.15, -0.1) is 0 Å². The van der Waals surface area contributed by atoms with E-state index >= 15 is 0 Å². The summed E-state index contributed by atoms with van der Waals surface area (Å²) in [6, 6.07) is 0. The van der Waals surface area contributed by atoms with Crippen LogP contribution in [0.2, 0.25) is 0 Å². The van der Waals surface area contributed by atoms with E-state index in [1.165, 1.54) is 0 Å². The fourth-order valence-electron chi connectivity index (χ4n) is 0.836. The molecule has 0 unspecified atom stereocenters. The summed E-state index contributed by atoms with van der Waals surface area (Å²) in [6.45, 7) is 0. The summed E-state index contributed by atoms with van der Waals surface area (Å²) in [6.07, 6.45) is 1.88. The minimum atomic E-state index is -0.673. The number of allylic oxidation sites excluding steroid dienone is 1. The Morgan fingerprint density at radius 1 is 1.56 bits per heavy atom. The van der Waals surface area contributed by atoms with Crippen LogP contribution in [0, 0.1) is 0 Å². The fraction of sp³-hybridized carbons (Fsp3) is 0.667. The van der Waals surface area contributed by atoms with Crippen molar-refractivity contribution in [2.24, 2.45) is 0 Å².